The first-order valence-electron chi connectivity index (χ1n) is 11.9. The molecule has 1 saturated heterocycles. The number of carbonyl (C=O) groups excluding carboxylic acids is 2. The summed E-state index contributed by atoms with van der Waals surface area (Å²) in [6.45, 7) is 4.43. The summed E-state index contributed by atoms with van der Waals surface area (Å²) in [6, 6.07) is 21.6. The number of nitroso groups, excluding NO2 is 1. The van der Waals surface area contributed by atoms with E-state index in [0.29, 0.717) is 23.3 Å². The van der Waals surface area contributed by atoms with Gasteiger partial charge in [-0.2, -0.15) is 0 Å². The molecule has 0 aliphatic carbocycles. The van der Waals surface area contributed by atoms with Gasteiger partial charge in [-0.25, -0.2) is 0 Å². The van der Waals surface area contributed by atoms with Gasteiger partial charge in [0, 0.05) is 24.2 Å². The zero-order chi connectivity index (χ0) is 25.7. The molecular weight excluding hydrogens is 450 g/mol. The number of carbonyl (C=O) groups is 2. The lowest BCUT2D eigenvalue weighted by molar-refractivity contribution is -0.132. The Balaban J connectivity index is 1.66. The van der Waals surface area contributed by atoms with Crippen LogP contribution < -0.4 is 5.73 Å². The number of nitrogens with zero attached hydrogens (tertiary/aromatic N) is 2. The first kappa shape index (κ1) is 24.9. The molecule has 1 aliphatic rings. The Morgan fingerprint density at radius 2 is 1.53 bits per heavy atom. The van der Waals surface area contributed by atoms with Gasteiger partial charge in [-0.15, -0.1) is 4.91 Å². The Morgan fingerprint density at radius 3 is 2.14 bits per heavy atom. The first-order valence-corrected chi connectivity index (χ1v) is 11.9. The summed E-state index contributed by atoms with van der Waals surface area (Å²) in [6.07, 6.45) is 4.02. The molecule has 4 rings (SSSR count). The van der Waals surface area contributed by atoms with Crippen LogP contribution in [0.15, 0.2) is 89.1 Å². The molecule has 1 fully saturated rings. The van der Waals surface area contributed by atoms with Crippen molar-refractivity contribution >= 4 is 29.5 Å². The Bertz CT molecular complexity index is 1340. The van der Waals surface area contributed by atoms with Gasteiger partial charge in [-0.1, -0.05) is 60.7 Å². The molecule has 182 valence electrons. The lowest BCUT2D eigenvalue weighted by atomic mass is 9.93. The SMILES string of the molecule is Cc1ccc(/C=C2\CN(C(=O)[C@@H](N)Cc3ccccc3)C/C(=C\c3ccc(N=O)cc3)C2=O)cc1C. The van der Waals surface area contributed by atoms with Crippen molar-refractivity contribution in [3.05, 3.63) is 117 Å². The summed E-state index contributed by atoms with van der Waals surface area (Å²) in [5.74, 6) is -0.310. The Morgan fingerprint density at radius 1 is 0.917 bits per heavy atom. The van der Waals surface area contributed by atoms with Gasteiger partial charge in [0.2, 0.25) is 5.91 Å². The molecule has 36 heavy (non-hydrogen) atoms. The van der Waals surface area contributed by atoms with E-state index >= 15 is 0 Å². The second kappa shape index (κ2) is 11.1. The third kappa shape index (κ3) is 5.90. The highest BCUT2D eigenvalue weighted by atomic mass is 16.3. The number of rotatable bonds is 6. The van der Waals surface area contributed by atoms with Crippen LogP contribution in [-0.4, -0.2) is 35.7 Å². The highest BCUT2D eigenvalue weighted by molar-refractivity contribution is 6.15. The maximum atomic E-state index is 13.5. The molecule has 1 heterocycles. The highest BCUT2D eigenvalue weighted by Crippen LogP contribution is 2.24. The predicted octanol–water partition coefficient (Wildman–Crippen LogP) is 5.15. The molecule has 6 nitrogen and oxygen atoms in total. The summed E-state index contributed by atoms with van der Waals surface area (Å²) in [4.78, 5) is 39.2. The molecule has 0 radical (unpaired) electrons. The van der Waals surface area contributed by atoms with Crippen molar-refractivity contribution < 1.29 is 9.59 Å². The number of aryl methyl sites for hydroxylation is 2. The molecule has 6 heteroatoms. The second-order valence-electron chi connectivity index (χ2n) is 9.19. The van der Waals surface area contributed by atoms with Gasteiger partial charge in [0.25, 0.3) is 0 Å². The van der Waals surface area contributed by atoms with Gasteiger partial charge < -0.3 is 10.6 Å². The molecule has 0 aromatic heterocycles. The van der Waals surface area contributed by atoms with E-state index < -0.39 is 6.04 Å². The van der Waals surface area contributed by atoms with Crippen LogP contribution in [0, 0.1) is 18.8 Å². The summed E-state index contributed by atoms with van der Waals surface area (Å²) in [5, 5.41) is 2.92. The minimum Gasteiger partial charge on any atom is -0.332 e. The molecule has 1 atom stereocenters. The van der Waals surface area contributed by atoms with E-state index in [1.54, 1.807) is 35.2 Å². The number of likely N-dealkylation sites (tertiary alicyclic amines) is 1. The van der Waals surface area contributed by atoms with Crippen molar-refractivity contribution in [3.63, 3.8) is 0 Å². The molecule has 0 bridgehead atoms. The van der Waals surface area contributed by atoms with Gasteiger partial charge in [0.05, 0.1) is 6.04 Å². The average Bonchev–Trinajstić information content (AvgIpc) is 2.89. The van der Waals surface area contributed by atoms with Crippen molar-refractivity contribution in [1.29, 1.82) is 0 Å². The van der Waals surface area contributed by atoms with Gasteiger partial charge >= 0.3 is 0 Å². The predicted molar refractivity (Wildman–Crippen MR) is 143 cm³/mol. The Labute approximate surface area is 211 Å². The third-order valence-electron chi connectivity index (χ3n) is 6.44. The highest BCUT2D eigenvalue weighted by Gasteiger charge is 2.31. The number of nitrogens with two attached hydrogens (primary N) is 1. The first-order chi connectivity index (χ1) is 17.3. The van der Waals surface area contributed by atoms with Gasteiger partial charge in [-0.3, -0.25) is 9.59 Å². The van der Waals surface area contributed by atoms with E-state index in [0.717, 1.165) is 22.3 Å². The lowest BCUT2D eigenvalue weighted by Gasteiger charge is -2.32. The zero-order valence-electron chi connectivity index (χ0n) is 20.5. The van der Waals surface area contributed by atoms with E-state index in [4.69, 9.17) is 5.73 Å². The fraction of sp³-hybridized carbons (Fsp3) is 0.200. The number of amides is 1. The summed E-state index contributed by atoms with van der Waals surface area (Å²) in [7, 11) is 0. The molecule has 3 aromatic rings. The fourth-order valence-electron chi connectivity index (χ4n) is 4.27. The zero-order valence-corrected chi connectivity index (χ0v) is 20.5. The monoisotopic (exact) mass is 479 g/mol. The molecule has 0 saturated carbocycles. The van der Waals surface area contributed by atoms with Gasteiger partial charge in [0.15, 0.2) is 5.78 Å². The Hall–Kier alpha value is -4.16. The minimum atomic E-state index is -0.720. The number of hydrogen-bond donors (Lipinski definition) is 1. The molecule has 0 unspecified atom stereocenters. The number of ketones is 1. The lowest BCUT2D eigenvalue weighted by Crippen LogP contribution is -2.49. The smallest absolute Gasteiger partial charge is 0.240 e. The van der Waals surface area contributed by atoms with Crippen molar-refractivity contribution in [1.82, 2.24) is 4.90 Å². The van der Waals surface area contributed by atoms with Crippen LogP contribution in [0.25, 0.3) is 12.2 Å². The van der Waals surface area contributed by atoms with Crippen LogP contribution in [0.5, 0.6) is 0 Å². The van der Waals surface area contributed by atoms with E-state index in [2.05, 4.69) is 5.18 Å². The molecule has 2 N–H and O–H groups in total. The van der Waals surface area contributed by atoms with Crippen molar-refractivity contribution in [2.24, 2.45) is 10.9 Å². The summed E-state index contributed by atoms with van der Waals surface area (Å²) in [5.41, 5.74) is 12.6. The van der Waals surface area contributed by atoms with E-state index in [1.165, 1.54) is 5.56 Å². The summed E-state index contributed by atoms with van der Waals surface area (Å²) < 4.78 is 0. The minimum absolute atomic E-state index is 0.105. The van der Waals surface area contributed by atoms with E-state index in [9.17, 15) is 14.5 Å². The van der Waals surface area contributed by atoms with Crippen molar-refractivity contribution in [3.8, 4) is 0 Å². The van der Waals surface area contributed by atoms with Crippen LogP contribution in [0.4, 0.5) is 5.69 Å². The maximum Gasteiger partial charge on any atom is 0.240 e. The molecule has 1 aliphatic heterocycles. The van der Waals surface area contributed by atoms with Gasteiger partial charge in [-0.05, 0) is 77.5 Å². The fourth-order valence-corrected chi connectivity index (χ4v) is 4.27. The quantitative estimate of drug-likeness (QED) is 0.391. The Kier molecular flexibility index (Phi) is 7.66. The van der Waals surface area contributed by atoms with Crippen LogP contribution >= 0.6 is 0 Å². The van der Waals surface area contributed by atoms with Gasteiger partial charge in [0.1, 0.15) is 5.69 Å². The number of Topliss-reactive ketones (excluding diaryl/α,β-unsaturated/α-hetero) is 1. The molecule has 1 amide bonds. The van der Waals surface area contributed by atoms with E-state index in [-0.39, 0.29) is 24.8 Å². The topological polar surface area (TPSA) is 92.8 Å². The third-order valence-corrected chi connectivity index (χ3v) is 6.44. The largest absolute Gasteiger partial charge is 0.332 e. The summed E-state index contributed by atoms with van der Waals surface area (Å²) >= 11 is 0. The normalized spacial score (nSPS) is 16.9. The maximum absolute atomic E-state index is 13.5. The number of piperidine rings is 1. The second-order valence-corrected chi connectivity index (χ2v) is 9.19. The standard InChI is InChI=1S/C30H29N3O3/c1-20-8-9-24(14-21(20)2)16-26-19-33(30(35)28(31)17-22-6-4-3-5-7-22)18-25(29(26)34)15-23-10-12-27(32-36)13-11-23/h3-16,28H,17-19,31H2,1-2H3/b25-15+,26-16+/t28-/m0/s1. The average molecular weight is 480 g/mol. The molecular formula is C30H29N3O3. The van der Waals surface area contributed by atoms with E-state index in [1.807, 2.05) is 68.5 Å². The number of benzene rings is 3. The molecule has 0 spiro atoms. The van der Waals surface area contributed by atoms with Crippen LogP contribution in [0.2, 0.25) is 0 Å². The van der Waals surface area contributed by atoms with Crippen molar-refractivity contribution in [2.45, 2.75) is 26.3 Å². The molecule has 3 aromatic carbocycles. The van der Waals surface area contributed by atoms with Crippen LogP contribution in [0.3, 0.4) is 0 Å². The van der Waals surface area contributed by atoms with Crippen LogP contribution in [-0.2, 0) is 16.0 Å². The van der Waals surface area contributed by atoms with Crippen molar-refractivity contribution in [2.75, 3.05) is 13.1 Å². The number of hydrogen-bond acceptors (Lipinski definition) is 5. The van der Waals surface area contributed by atoms with Crippen LogP contribution in [0.1, 0.15) is 27.8 Å².